The van der Waals surface area contributed by atoms with Crippen LogP contribution in [0.5, 0.6) is 17.2 Å². The van der Waals surface area contributed by atoms with Gasteiger partial charge in [0, 0.05) is 18.7 Å². The number of rotatable bonds is 14. The predicted molar refractivity (Wildman–Crippen MR) is 178 cm³/mol. The van der Waals surface area contributed by atoms with Crippen LogP contribution in [-0.2, 0) is 26.2 Å². The smallest absolute Gasteiger partial charge is 0.264 e. The Balaban J connectivity index is 1.77. The lowest BCUT2D eigenvalue weighted by Crippen LogP contribution is -2.53. The Labute approximate surface area is 272 Å². The second kappa shape index (κ2) is 15.4. The molecule has 46 heavy (non-hydrogen) atoms. The van der Waals surface area contributed by atoms with E-state index in [2.05, 4.69) is 5.32 Å². The number of aryl methyl sites for hydroxylation is 2. The molecule has 0 bridgehead atoms. The zero-order chi connectivity index (χ0) is 33.4. The lowest BCUT2D eigenvalue weighted by atomic mass is 10.1. The minimum absolute atomic E-state index is 0.0650. The minimum Gasteiger partial charge on any atom is -0.497 e. The highest BCUT2D eigenvalue weighted by Gasteiger charge is 2.35. The van der Waals surface area contributed by atoms with Crippen LogP contribution in [0.2, 0.25) is 0 Å². The molecule has 0 aliphatic heterocycles. The molecule has 1 N–H and O–H groups in total. The molecular weight excluding hydrogens is 606 g/mol. The molecule has 3 aromatic carbocycles. The van der Waals surface area contributed by atoms with E-state index in [1.54, 1.807) is 31.4 Å². The number of hydrogen-bond donors (Lipinski definition) is 1. The second-order valence-corrected chi connectivity index (χ2v) is 13.5. The molecule has 0 spiro atoms. The number of nitrogens with zero attached hydrogens (tertiary/aromatic N) is 2. The molecule has 1 aliphatic rings. The highest BCUT2D eigenvalue weighted by atomic mass is 32.2. The summed E-state index contributed by atoms with van der Waals surface area (Å²) >= 11 is 0. The maximum atomic E-state index is 14.4. The van der Waals surface area contributed by atoms with Gasteiger partial charge in [-0.25, -0.2) is 8.42 Å². The van der Waals surface area contributed by atoms with E-state index in [9.17, 15) is 18.0 Å². The zero-order valence-electron chi connectivity index (χ0n) is 27.5. The topological polar surface area (TPSA) is 114 Å². The molecular formula is C35H45N3O7S. The summed E-state index contributed by atoms with van der Waals surface area (Å²) in [4.78, 5) is 29.5. The van der Waals surface area contributed by atoms with Crippen molar-refractivity contribution in [3.63, 3.8) is 0 Å². The standard InChI is InChI=1S/C35H45N3O7S/c1-7-31(35(40)36-27-10-8-9-11-27)37(22-26-12-14-29(43-4)15-13-26)34(39)23-38(28-19-24(2)18-25(3)20-28)46(41,42)30-16-17-32(44-5)33(21-30)45-6/h12-21,27,31H,7-11,22-23H2,1-6H3,(H,36,40)/t31-/m1/s1. The van der Waals surface area contributed by atoms with E-state index >= 15 is 0 Å². The quantitative estimate of drug-likeness (QED) is 0.249. The molecule has 11 heteroatoms. The molecule has 2 amide bonds. The van der Waals surface area contributed by atoms with Crippen molar-refractivity contribution >= 4 is 27.5 Å². The van der Waals surface area contributed by atoms with Gasteiger partial charge >= 0.3 is 0 Å². The van der Waals surface area contributed by atoms with E-state index in [1.807, 2.05) is 39.0 Å². The second-order valence-electron chi connectivity index (χ2n) is 11.7. The first kappa shape index (κ1) is 34.6. The Morgan fingerprint density at radius 2 is 1.50 bits per heavy atom. The fraction of sp³-hybridized carbons (Fsp3) is 0.429. The molecule has 0 saturated heterocycles. The van der Waals surface area contributed by atoms with Gasteiger partial charge in [0.1, 0.15) is 18.3 Å². The van der Waals surface area contributed by atoms with Crippen molar-refractivity contribution in [2.24, 2.45) is 0 Å². The lowest BCUT2D eigenvalue weighted by Gasteiger charge is -2.34. The molecule has 1 saturated carbocycles. The van der Waals surface area contributed by atoms with E-state index in [1.165, 1.54) is 37.3 Å². The normalized spacial score (nSPS) is 14.0. The first-order valence-corrected chi connectivity index (χ1v) is 17.0. The van der Waals surface area contributed by atoms with Gasteiger partial charge in [-0.05, 0) is 86.2 Å². The van der Waals surface area contributed by atoms with Crippen molar-refractivity contribution in [1.29, 1.82) is 0 Å². The van der Waals surface area contributed by atoms with Crippen molar-refractivity contribution in [3.05, 3.63) is 77.4 Å². The number of amides is 2. The van der Waals surface area contributed by atoms with Crippen LogP contribution in [0.3, 0.4) is 0 Å². The maximum absolute atomic E-state index is 14.4. The summed E-state index contributed by atoms with van der Waals surface area (Å²) in [5.41, 5.74) is 2.80. The Morgan fingerprint density at radius 3 is 2.07 bits per heavy atom. The number of nitrogens with one attached hydrogen (secondary N) is 1. The molecule has 1 fully saturated rings. The number of hydrogen-bond acceptors (Lipinski definition) is 7. The Morgan fingerprint density at radius 1 is 0.870 bits per heavy atom. The van der Waals surface area contributed by atoms with Gasteiger partial charge in [0.25, 0.3) is 10.0 Å². The number of sulfonamides is 1. The average Bonchev–Trinajstić information content (AvgIpc) is 3.55. The molecule has 3 aromatic rings. The van der Waals surface area contributed by atoms with Crippen LogP contribution in [0.4, 0.5) is 5.69 Å². The summed E-state index contributed by atoms with van der Waals surface area (Å²) in [6.45, 7) is 5.18. The van der Waals surface area contributed by atoms with Crippen LogP contribution in [0.25, 0.3) is 0 Å². The van der Waals surface area contributed by atoms with Crippen LogP contribution < -0.4 is 23.8 Å². The molecule has 0 unspecified atom stereocenters. The fourth-order valence-corrected chi connectivity index (χ4v) is 7.36. The number of carbonyl (C=O) groups is 2. The Kier molecular flexibility index (Phi) is 11.6. The number of methoxy groups -OCH3 is 3. The molecule has 0 heterocycles. The third-order valence-corrected chi connectivity index (χ3v) is 10.1. The van der Waals surface area contributed by atoms with E-state index in [-0.39, 0.29) is 29.1 Å². The van der Waals surface area contributed by atoms with Crippen molar-refractivity contribution in [1.82, 2.24) is 10.2 Å². The third-order valence-electron chi connectivity index (χ3n) is 8.32. The van der Waals surface area contributed by atoms with E-state index < -0.39 is 28.5 Å². The maximum Gasteiger partial charge on any atom is 0.264 e. The summed E-state index contributed by atoms with van der Waals surface area (Å²) in [5.74, 6) is 0.533. The average molecular weight is 652 g/mol. The van der Waals surface area contributed by atoms with Crippen LogP contribution in [0, 0.1) is 13.8 Å². The van der Waals surface area contributed by atoms with Crippen molar-refractivity contribution in [2.45, 2.75) is 76.4 Å². The van der Waals surface area contributed by atoms with Gasteiger partial charge in [-0.15, -0.1) is 0 Å². The number of ether oxygens (including phenoxy) is 3. The van der Waals surface area contributed by atoms with Gasteiger partial charge in [0.05, 0.1) is 31.9 Å². The first-order valence-electron chi connectivity index (χ1n) is 15.6. The molecule has 1 atom stereocenters. The van der Waals surface area contributed by atoms with Gasteiger partial charge in [-0.2, -0.15) is 0 Å². The Hall–Kier alpha value is -4.25. The number of carbonyl (C=O) groups excluding carboxylic acids is 2. The van der Waals surface area contributed by atoms with Crippen molar-refractivity contribution in [2.75, 3.05) is 32.2 Å². The van der Waals surface area contributed by atoms with Gasteiger partial charge < -0.3 is 24.4 Å². The monoisotopic (exact) mass is 651 g/mol. The minimum atomic E-state index is -4.29. The van der Waals surface area contributed by atoms with Crippen molar-refractivity contribution < 1.29 is 32.2 Å². The largest absolute Gasteiger partial charge is 0.497 e. The highest BCUT2D eigenvalue weighted by Crippen LogP contribution is 2.33. The van der Waals surface area contributed by atoms with Crippen LogP contribution in [0.15, 0.2) is 65.6 Å². The highest BCUT2D eigenvalue weighted by molar-refractivity contribution is 7.92. The summed E-state index contributed by atoms with van der Waals surface area (Å²) in [6, 6.07) is 16.2. The van der Waals surface area contributed by atoms with Gasteiger partial charge in [0.2, 0.25) is 11.8 Å². The zero-order valence-corrected chi connectivity index (χ0v) is 28.4. The Bertz CT molecular complexity index is 1600. The van der Waals surface area contributed by atoms with E-state index in [0.717, 1.165) is 46.7 Å². The van der Waals surface area contributed by atoms with Crippen LogP contribution in [0.1, 0.15) is 55.7 Å². The van der Waals surface area contributed by atoms with E-state index in [4.69, 9.17) is 14.2 Å². The SMILES string of the molecule is CC[C@H](C(=O)NC1CCCC1)N(Cc1ccc(OC)cc1)C(=O)CN(c1cc(C)cc(C)c1)S(=O)(=O)c1ccc(OC)c(OC)c1. The fourth-order valence-electron chi connectivity index (χ4n) is 5.94. The first-order chi connectivity index (χ1) is 22.0. The van der Waals surface area contributed by atoms with E-state index in [0.29, 0.717) is 23.6 Å². The number of anilines is 1. The van der Waals surface area contributed by atoms with Gasteiger partial charge in [-0.3, -0.25) is 13.9 Å². The van der Waals surface area contributed by atoms with Crippen LogP contribution >= 0.6 is 0 Å². The van der Waals surface area contributed by atoms with Crippen molar-refractivity contribution in [3.8, 4) is 17.2 Å². The third kappa shape index (κ3) is 8.12. The summed E-state index contributed by atoms with van der Waals surface area (Å²) in [6.07, 6.45) is 4.26. The number of benzene rings is 3. The van der Waals surface area contributed by atoms with Gasteiger partial charge in [-0.1, -0.05) is 38.0 Å². The molecule has 4 rings (SSSR count). The van der Waals surface area contributed by atoms with Crippen LogP contribution in [-0.4, -0.2) is 65.1 Å². The lowest BCUT2D eigenvalue weighted by molar-refractivity contribution is -0.140. The molecule has 10 nitrogen and oxygen atoms in total. The summed E-state index contributed by atoms with van der Waals surface area (Å²) < 4.78 is 45.9. The molecule has 0 radical (unpaired) electrons. The molecule has 1 aliphatic carbocycles. The predicted octanol–water partition coefficient (Wildman–Crippen LogP) is 5.39. The summed E-state index contributed by atoms with van der Waals surface area (Å²) in [7, 11) is 0.179. The summed E-state index contributed by atoms with van der Waals surface area (Å²) in [5, 5.41) is 3.14. The molecule has 0 aromatic heterocycles. The van der Waals surface area contributed by atoms with Gasteiger partial charge in [0.15, 0.2) is 11.5 Å². The molecule has 248 valence electrons.